The van der Waals surface area contributed by atoms with E-state index in [2.05, 4.69) is 20.2 Å². The van der Waals surface area contributed by atoms with Gasteiger partial charge in [-0.2, -0.15) is 4.98 Å². The summed E-state index contributed by atoms with van der Waals surface area (Å²) in [5.74, 6) is 1.80. The van der Waals surface area contributed by atoms with Gasteiger partial charge in [-0.15, -0.1) is 11.3 Å². The van der Waals surface area contributed by atoms with Gasteiger partial charge in [0.2, 0.25) is 5.95 Å². The lowest BCUT2D eigenvalue weighted by atomic mass is 10.2. The zero-order valence-corrected chi connectivity index (χ0v) is 20.1. The van der Waals surface area contributed by atoms with Crippen molar-refractivity contribution in [1.82, 2.24) is 24.9 Å². The quantitative estimate of drug-likeness (QED) is 0.389. The van der Waals surface area contributed by atoms with E-state index in [0.717, 1.165) is 46.3 Å². The minimum atomic E-state index is -1.13. The van der Waals surface area contributed by atoms with Crippen molar-refractivity contribution in [3.63, 3.8) is 0 Å². The topological polar surface area (TPSA) is 110 Å². The average Bonchev–Trinajstić information content (AvgIpc) is 3.62. The normalized spacial score (nSPS) is 16.9. The molecule has 35 heavy (non-hydrogen) atoms. The molecule has 9 nitrogen and oxygen atoms in total. The number of nitrogens with zero attached hydrogens (tertiary/aromatic N) is 6. The minimum absolute atomic E-state index is 0.565. The predicted octanol–water partition coefficient (Wildman–Crippen LogP) is 4.11. The molecule has 0 saturated carbocycles. The number of benzene rings is 1. The number of aromatic nitrogens is 5. The summed E-state index contributed by atoms with van der Waals surface area (Å²) in [5.41, 5.74) is 5.12. The number of oxazole rings is 1. The summed E-state index contributed by atoms with van der Waals surface area (Å²) in [6.07, 6.45) is 4.71. The number of pyridine rings is 1. The third kappa shape index (κ3) is 3.67. The number of nitrogens with one attached hydrogen (secondary N) is 1. The van der Waals surface area contributed by atoms with Crippen LogP contribution in [0.4, 0.5) is 17.5 Å². The van der Waals surface area contributed by atoms with Crippen LogP contribution in [0.3, 0.4) is 0 Å². The lowest BCUT2D eigenvalue weighted by Crippen LogP contribution is -2.31. The summed E-state index contributed by atoms with van der Waals surface area (Å²) >= 11 is 1.67. The van der Waals surface area contributed by atoms with Crippen LogP contribution in [0.1, 0.15) is 16.3 Å². The van der Waals surface area contributed by atoms with E-state index in [1.807, 2.05) is 36.4 Å². The van der Waals surface area contributed by atoms with Crippen molar-refractivity contribution in [2.45, 2.75) is 24.3 Å². The lowest BCUT2D eigenvalue weighted by Gasteiger charge is -2.27. The fourth-order valence-corrected chi connectivity index (χ4v) is 6.85. The monoisotopic (exact) mass is 501 g/mol. The maximum absolute atomic E-state index is 12.8. The molecule has 2 aliphatic heterocycles. The van der Waals surface area contributed by atoms with Crippen molar-refractivity contribution in [2.75, 3.05) is 22.5 Å². The molecule has 0 radical (unpaired) electrons. The van der Waals surface area contributed by atoms with Gasteiger partial charge >= 0.3 is 0 Å². The molecule has 1 atom stereocenters. The summed E-state index contributed by atoms with van der Waals surface area (Å²) in [4.78, 5) is 27.2. The molecule has 1 aromatic carbocycles. The fraction of sp³-hybridized carbons (Fsp3) is 0.208. The first-order chi connectivity index (χ1) is 17.2. The first-order valence-electron chi connectivity index (χ1n) is 11.3. The van der Waals surface area contributed by atoms with E-state index in [4.69, 9.17) is 19.4 Å². The molecular weight excluding hydrogens is 482 g/mol. The zero-order valence-electron chi connectivity index (χ0n) is 18.5. The van der Waals surface area contributed by atoms with Crippen molar-refractivity contribution in [3.8, 4) is 10.7 Å². The molecule has 1 N–H and O–H groups in total. The molecule has 0 saturated heterocycles. The molecule has 6 heterocycles. The third-order valence-corrected chi connectivity index (χ3v) is 8.73. The van der Waals surface area contributed by atoms with Crippen LogP contribution in [-0.2, 0) is 30.2 Å². The highest BCUT2D eigenvalue weighted by atomic mass is 32.2. The molecule has 2 aliphatic rings. The summed E-state index contributed by atoms with van der Waals surface area (Å²) in [6, 6.07) is 11.5. The molecule has 0 fully saturated rings. The highest BCUT2D eigenvalue weighted by molar-refractivity contribution is 7.85. The van der Waals surface area contributed by atoms with Crippen LogP contribution in [-0.4, -0.2) is 41.4 Å². The largest absolute Gasteiger partial charge is 0.443 e. The molecule has 7 rings (SSSR count). The molecule has 0 spiro atoms. The van der Waals surface area contributed by atoms with Gasteiger partial charge in [0.05, 0.1) is 34.4 Å². The van der Waals surface area contributed by atoms with Crippen LogP contribution in [0.2, 0.25) is 0 Å². The highest BCUT2D eigenvalue weighted by Crippen LogP contribution is 2.35. The fourth-order valence-electron chi connectivity index (χ4n) is 4.44. The smallest absolute Gasteiger partial charge is 0.227 e. The highest BCUT2D eigenvalue weighted by Gasteiger charge is 2.29. The van der Waals surface area contributed by atoms with Gasteiger partial charge < -0.3 is 14.6 Å². The third-order valence-electron chi connectivity index (χ3n) is 6.17. The van der Waals surface area contributed by atoms with Crippen molar-refractivity contribution in [2.24, 2.45) is 0 Å². The number of aryl methyl sites for hydroxylation is 1. The number of hydrogen-bond donors (Lipinski definition) is 1. The van der Waals surface area contributed by atoms with Crippen LogP contribution in [0.5, 0.6) is 0 Å². The molecule has 0 amide bonds. The van der Waals surface area contributed by atoms with Crippen LogP contribution >= 0.6 is 11.3 Å². The number of rotatable bonds is 4. The molecule has 0 bridgehead atoms. The van der Waals surface area contributed by atoms with Gasteiger partial charge in [-0.1, -0.05) is 6.07 Å². The molecule has 1 unspecified atom stereocenters. The second-order valence-corrected chi connectivity index (χ2v) is 11.0. The number of thiazole rings is 1. The molecule has 4 aromatic heterocycles. The Morgan fingerprint density at radius 2 is 2.03 bits per heavy atom. The second kappa shape index (κ2) is 8.21. The van der Waals surface area contributed by atoms with Gasteiger partial charge in [0.15, 0.2) is 17.8 Å². The molecule has 0 aliphatic carbocycles. The number of fused-ring (bicyclic) bond motifs is 3. The maximum atomic E-state index is 12.8. The number of anilines is 3. The standard InChI is InChI=1S/C24H19N7O2S2/c32-35-10-7-17-21(35)22(27-14-4-5-15-19(11-14)33-13-26-15)30-24(29-17)31-9-6-16-20(12-31)34-23(28-16)18-3-1-2-8-25-18/h1-5,8,11,13H,6-7,9-10,12H2,(H,27,29,30). The average molecular weight is 502 g/mol. The van der Waals surface area contributed by atoms with E-state index in [0.29, 0.717) is 41.0 Å². The van der Waals surface area contributed by atoms with Gasteiger partial charge in [0, 0.05) is 48.0 Å². The Labute approximate surface area is 206 Å². The van der Waals surface area contributed by atoms with Gasteiger partial charge in [0.1, 0.15) is 15.4 Å². The van der Waals surface area contributed by atoms with Crippen molar-refractivity contribution < 1.29 is 8.63 Å². The van der Waals surface area contributed by atoms with E-state index >= 15 is 0 Å². The van der Waals surface area contributed by atoms with E-state index < -0.39 is 10.8 Å². The van der Waals surface area contributed by atoms with Crippen LogP contribution in [0.15, 0.2) is 58.3 Å². The van der Waals surface area contributed by atoms with Gasteiger partial charge in [-0.25, -0.2) is 15.0 Å². The Kier molecular flexibility index (Phi) is 4.84. The summed E-state index contributed by atoms with van der Waals surface area (Å²) in [6.45, 7) is 1.45. The molecular formula is C24H19N7O2S2. The van der Waals surface area contributed by atoms with Crippen LogP contribution in [0.25, 0.3) is 21.8 Å². The number of hydrogen-bond acceptors (Lipinski definition) is 10. The Balaban J connectivity index is 1.22. The van der Waals surface area contributed by atoms with Crippen molar-refractivity contribution >= 4 is 50.7 Å². The van der Waals surface area contributed by atoms with Crippen LogP contribution in [0, 0.1) is 0 Å². The minimum Gasteiger partial charge on any atom is -0.443 e. The second-order valence-electron chi connectivity index (χ2n) is 8.38. The lowest BCUT2D eigenvalue weighted by molar-refractivity contribution is 0.602. The SMILES string of the molecule is O=S1CCc2nc(N3CCc4nc(-c5ccccn5)sc4C3)nc(Nc3ccc4ncoc4c3)c21. The molecule has 11 heteroatoms. The van der Waals surface area contributed by atoms with Crippen LogP contribution < -0.4 is 10.2 Å². The summed E-state index contributed by atoms with van der Waals surface area (Å²) in [5, 5.41) is 4.30. The van der Waals surface area contributed by atoms with Gasteiger partial charge in [-0.05, 0) is 24.3 Å². The van der Waals surface area contributed by atoms with E-state index in [-0.39, 0.29) is 0 Å². The van der Waals surface area contributed by atoms with Crippen molar-refractivity contribution in [1.29, 1.82) is 0 Å². The van der Waals surface area contributed by atoms with E-state index in [1.54, 1.807) is 17.5 Å². The first kappa shape index (κ1) is 20.7. The summed E-state index contributed by atoms with van der Waals surface area (Å²) < 4.78 is 18.2. The maximum Gasteiger partial charge on any atom is 0.227 e. The molecule has 174 valence electrons. The molecule has 5 aromatic rings. The van der Waals surface area contributed by atoms with E-state index in [1.165, 1.54) is 11.3 Å². The first-order valence-corrected chi connectivity index (χ1v) is 13.4. The van der Waals surface area contributed by atoms with Gasteiger partial charge in [-0.3, -0.25) is 9.19 Å². The Bertz CT molecular complexity index is 1600. The Morgan fingerprint density at radius 3 is 2.94 bits per heavy atom. The van der Waals surface area contributed by atoms with E-state index in [9.17, 15) is 4.21 Å². The summed E-state index contributed by atoms with van der Waals surface area (Å²) in [7, 11) is -1.13. The van der Waals surface area contributed by atoms with Gasteiger partial charge in [0.25, 0.3) is 0 Å². The Morgan fingerprint density at radius 1 is 1.06 bits per heavy atom. The zero-order chi connectivity index (χ0) is 23.4. The van der Waals surface area contributed by atoms with Crippen molar-refractivity contribution in [3.05, 3.63) is 65.3 Å². The predicted molar refractivity (Wildman–Crippen MR) is 134 cm³/mol. The Hall–Kier alpha value is -3.70.